The monoisotopic (exact) mass is 377 g/mol. The van der Waals surface area contributed by atoms with Crippen LogP contribution < -0.4 is 4.74 Å². The molecule has 152 valence electrons. The molecule has 0 aliphatic heterocycles. The van der Waals surface area contributed by atoms with Gasteiger partial charge < -0.3 is 14.4 Å². The number of carbonyl (C=O) groups excluding carboxylic acids is 2. The van der Waals surface area contributed by atoms with Gasteiger partial charge in [0.2, 0.25) is 0 Å². The van der Waals surface area contributed by atoms with E-state index in [1.54, 1.807) is 38.4 Å². The second kappa shape index (κ2) is 14.1. The van der Waals surface area contributed by atoms with E-state index >= 15 is 0 Å². The Hall–Kier alpha value is -2.04. The number of esters is 1. The van der Waals surface area contributed by atoms with Gasteiger partial charge in [0.1, 0.15) is 12.3 Å². The first kappa shape index (κ1) is 23.0. The van der Waals surface area contributed by atoms with Crippen molar-refractivity contribution in [3.8, 4) is 5.75 Å². The Balaban J connectivity index is 2.14. The van der Waals surface area contributed by atoms with Crippen molar-refractivity contribution in [1.82, 2.24) is 4.90 Å². The van der Waals surface area contributed by atoms with Crippen molar-refractivity contribution in [2.24, 2.45) is 0 Å². The molecule has 5 heteroatoms. The molecule has 0 spiro atoms. The SMILES string of the molecule is CCCCCCCCCCCOC(=O)CN(C)C(=O)c1cccc(OC)c1. The lowest BCUT2D eigenvalue weighted by Crippen LogP contribution is -2.33. The van der Waals surface area contributed by atoms with Gasteiger partial charge in [-0.3, -0.25) is 9.59 Å². The minimum Gasteiger partial charge on any atom is -0.497 e. The Morgan fingerprint density at radius 1 is 0.963 bits per heavy atom. The molecular weight excluding hydrogens is 342 g/mol. The third-order valence-corrected chi connectivity index (χ3v) is 4.54. The highest BCUT2D eigenvalue weighted by Crippen LogP contribution is 2.14. The summed E-state index contributed by atoms with van der Waals surface area (Å²) < 4.78 is 10.4. The average Bonchev–Trinajstić information content (AvgIpc) is 2.68. The summed E-state index contributed by atoms with van der Waals surface area (Å²) in [6.07, 6.45) is 11.0. The summed E-state index contributed by atoms with van der Waals surface area (Å²) in [5.41, 5.74) is 0.489. The van der Waals surface area contributed by atoms with Crippen LogP contribution in [0.25, 0.3) is 0 Å². The summed E-state index contributed by atoms with van der Waals surface area (Å²) in [7, 11) is 3.15. The first-order valence-corrected chi connectivity index (χ1v) is 10.1. The number of likely N-dealkylation sites (N-methyl/N-ethyl adjacent to an activating group) is 1. The summed E-state index contributed by atoms with van der Waals surface area (Å²) in [6.45, 7) is 2.61. The van der Waals surface area contributed by atoms with Crippen LogP contribution in [0.2, 0.25) is 0 Å². The van der Waals surface area contributed by atoms with Crippen LogP contribution in [0, 0.1) is 0 Å². The smallest absolute Gasteiger partial charge is 0.325 e. The molecule has 0 heterocycles. The second-order valence-corrected chi connectivity index (χ2v) is 6.94. The molecule has 0 saturated heterocycles. The fourth-order valence-corrected chi connectivity index (χ4v) is 2.89. The van der Waals surface area contributed by atoms with Gasteiger partial charge in [-0.2, -0.15) is 0 Å². The lowest BCUT2D eigenvalue weighted by Gasteiger charge is -2.16. The number of hydrogen-bond acceptors (Lipinski definition) is 4. The predicted molar refractivity (Wildman–Crippen MR) is 108 cm³/mol. The van der Waals surface area contributed by atoms with Crippen LogP contribution in [0.1, 0.15) is 75.1 Å². The zero-order chi connectivity index (χ0) is 19.9. The van der Waals surface area contributed by atoms with Gasteiger partial charge in [-0.15, -0.1) is 0 Å². The van der Waals surface area contributed by atoms with Crippen LogP contribution >= 0.6 is 0 Å². The molecule has 0 saturated carbocycles. The third-order valence-electron chi connectivity index (χ3n) is 4.54. The normalized spacial score (nSPS) is 10.5. The van der Waals surface area contributed by atoms with Crippen LogP contribution in [-0.2, 0) is 9.53 Å². The Kier molecular flexibility index (Phi) is 12.0. The maximum absolute atomic E-state index is 12.4. The summed E-state index contributed by atoms with van der Waals surface area (Å²) in [6, 6.07) is 6.89. The average molecular weight is 378 g/mol. The van der Waals surface area contributed by atoms with Gasteiger partial charge in [-0.25, -0.2) is 0 Å². The molecule has 1 aromatic rings. The van der Waals surface area contributed by atoms with E-state index in [1.807, 2.05) is 0 Å². The minimum atomic E-state index is -0.367. The van der Waals surface area contributed by atoms with E-state index in [2.05, 4.69) is 6.92 Å². The number of hydrogen-bond donors (Lipinski definition) is 0. The highest BCUT2D eigenvalue weighted by molar-refractivity contribution is 5.96. The molecule has 0 aromatic heterocycles. The molecule has 0 bridgehead atoms. The molecule has 27 heavy (non-hydrogen) atoms. The van der Waals surface area contributed by atoms with Crippen LogP contribution in [0.3, 0.4) is 0 Å². The summed E-state index contributed by atoms with van der Waals surface area (Å²) >= 11 is 0. The number of benzene rings is 1. The van der Waals surface area contributed by atoms with E-state index in [0.717, 1.165) is 12.8 Å². The largest absolute Gasteiger partial charge is 0.497 e. The number of nitrogens with zero attached hydrogens (tertiary/aromatic N) is 1. The van der Waals surface area contributed by atoms with Gasteiger partial charge in [0, 0.05) is 12.6 Å². The first-order chi connectivity index (χ1) is 13.1. The maximum Gasteiger partial charge on any atom is 0.325 e. The van der Waals surface area contributed by atoms with E-state index in [0.29, 0.717) is 17.9 Å². The zero-order valence-corrected chi connectivity index (χ0v) is 17.2. The van der Waals surface area contributed by atoms with Gasteiger partial charge >= 0.3 is 5.97 Å². The van der Waals surface area contributed by atoms with Crippen molar-refractivity contribution in [2.45, 2.75) is 64.7 Å². The third kappa shape index (κ3) is 10.0. The minimum absolute atomic E-state index is 0.0481. The molecule has 0 radical (unpaired) electrons. The molecule has 1 rings (SSSR count). The van der Waals surface area contributed by atoms with Crippen molar-refractivity contribution < 1.29 is 19.1 Å². The standard InChI is InChI=1S/C22H35NO4/c1-4-5-6-7-8-9-10-11-12-16-27-21(24)18-23(2)22(25)19-14-13-15-20(17-19)26-3/h13-15,17H,4-12,16,18H2,1-3H3. The Morgan fingerprint density at radius 3 is 2.22 bits per heavy atom. The van der Waals surface area contributed by atoms with Crippen molar-refractivity contribution in [1.29, 1.82) is 0 Å². The Morgan fingerprint density at radius 2 is 1.59 bits per heavy atom. The molecule has 0 aliphatic rings. The summed E-state index contributed by atoms with van der Waals surface area (Å²) in [4.78, 5) is 25.6. The lowest BCUT2D eigenvalue weighted by atomic mass is 10.1. The number of methoxy groups -OCH3 is 1. The highest BCUT2D eigenvalue weighted by Gasteiger charge is 2.16. The Labute approximate surface area is 164 Å². The van der Waals surface area contributed by atoms with E-state index in [-0.39, 0.29) is 18.4 Å². The predicted octanol–water partition coefficient (Wildman–Crippen LogP) is 4.84. The molecule has 0 fully saturated rings. The molecule has 1 aromatic carbocycles. The number of rotatable bonds is 14. The van der Waals surface area contributed by atoms with Crippen LogP contribution in [-0.4, -0.2) is 44.1 Å². The molecule has 1 amide bonds. The van der Waals surface area contributed by atoms with Crippen LogP contribution in [0.5, 0.6) is 5.75 Å². The molecular formula is C22H35NO4. The number of carbonyl (C=O) groups is 2. The fraction of sp³-hybridized carbons (Fsp3) is 0.636. The lowest BCUT2D eigenvalue weighted by molar-refractivity contribution is -0.144. The highest BCUT2D eigenvalue weighted by atomic mass is 16.5. The van der Waals surface area contributed by atoms with Gasteiger partial charge in [0.15, 0.2) is 0 Å². The number of ether oxygens (including phenoxy) is 2. The first-order valence-electron chi connectivity index (χ1n) is 10.1. The Bertz CT molecular complexity index is 559. The second-order valence-electron chi connectivity index (χ2n) is 6.94. The summed E-state index contributed by atoms with van der Waals surface area (Å²) in [5, 5.41) is 0. The van der Waals surface area contributed by atoms with Crippen molar-refractivity contribution >= 4 is 11.9 Å². The van der Waals surface area contributed by atoms with Crippen molar-refractivity contribution in [3.05, 3.63) is 29.8 Å². The van der Waals surface area contributed by atoms with E-state index < -0.39 is 0 Å². The van der Waals surface area contributed by atoms with Gasteiger partial charge in [0.25, 0.3) is 5.91 Å². The topological polar surface area (TPSA) is 55.8 Å². The van der Waals surface area contributed by atoms with Gasteiger partial charge in [-0.1, -0.05) is 64.4 Å². The maximum atomic E-state index is 12.4. The number of unbranched alkanes of at least 4 members (excludes halogenated alkanes) is 8. The quantitative estimate of drug-likeness (QED) is 0.344. The summed E-state index contributed by atoms with van der Waals surface area (Å²) in [5.74, 6) is 0.0180. The molecule has 0 unspecified atom stereocenters. The molecule has 0 aliphatic carbocycles. The van der Waals surface area contributed by atoms with Crippen LogP contribution in [0.4, 0.5) is 0 Å². The van der Waals surface area contributed by atoms with Crippen molar-refractivity contribution in [3.63, 3.8) is 0 Å². The fourth-order valence-electron chi connectivity index (χ4n) is 2.89. The van der Waals surface area contributed by atoms with Gasteiger partial charge in [0.05, 0.1) is 13.7 Å². The van der Waals surface area contributed by atoms with E-state index in [9.17, 15) is 9.59 Å². The van der Waals surface area contributed by atoms with Gasteiger partial charge in [-0.05, 0) is 24.6 Å². The van der Waals surface area contributed by atoms with E-state index in [4.69, 9.17) is 9.47 Å². The van der Waals surface area contributed by atoms with E-state index in [1.165, 1.54) is 49.8 Å². The molecule has 0 atom stereocenters. The number of amides is 1. The molecule has 5 nitrogen and oxygen atoms in total. The van der Waals surface area contributed by atoms with Crippen LogP contribution in [0.15, 0.2) is 24.3 Å². The molecule has 0 N–H and O–H groups in total. The van der Waals surface area contributed by atoms with Crippen molar-refractivity contribution in [2.75, 3.05) is 27.3 Å². The zero-order valence-electron chi connectivity index (χ0n) is 17.2.